The Morgan fingerprint density at radius 2 is 1.74 bits per heavy atom. The molecule has 6 nitrogen and oxygen atoms in total. The molecule has 0 atom stereocenters. The molecular weight excluding hydrogens is 478 g/mol. The standard InChI is InChI=1S/C23H16ClF4N3O3/c24-19-9-6-16(23(26,27)28)11-20(19)30-21(32)22(33)31-29-12-15-2-1-3-18(10-15)34-13-14-4-7-17(25)8-5-14/h1-12H,13H2,(H,30,32)(H,31,33)/b29-12+. The molecule has 0 fully saturated rings. The Balaban J connectivity index is 1.56. The number of carbonyl (C=O) groups is 2. The van der Waals surface area contributed by atoms with Crippen LogP contribution < -0.4 is 15.5 Å². The highest BCUT2D eigenvalue weighted by molar-refractivity contribution is 6.41. The highest BCUT2D eigenvalue weighted by Crippen LogP contribution is 2.33. The second kappa shape index (κ2) is 10.8. The van der Waals surface area contributed by atoms with Crippen LogP contribution in [-0.4, -0.2) is 18.0 Å². The molecule has 0 aliphatic rings. The van der Waals surface area contributed by atoms with Crippen molar-refractivity contribution in [2.24, 2.45) is 5.10 Å². The maximum absolute atomic E-state index is 13.0. The zero-order chi connectivity index (χ0) is 24.7. The molecule has 0 radical (unpaired) electrons. The number of halogens is 5. The quantitative estimate of drug-likeness (QED) is 0.215. The van der Waals surface area contributed by atoms with Crippen LogP contribution in [0.15, 0.2) is 71.8 Å². The fourth-order valence-electron chi connectivity index (χ4n) is 2.62. The number of hydrogen-bond donors (Lipinski definition) is 2. The minimum Gasteiger partial charge on any atom is -0.489 e. The molecule has 0 aliphatic carbocycles. The van der Waals surface area contributed by atoms with E-state index in [2.05, 4.69) is 5.10 Å². The molecule has 34 heavy (non-hydrogen) atoms. The first kappa shape index (κ1) is 24.7. The van der Waals surface area contributed by atoms with Crippen molar-refractivity contribution in [1.82, 2.24) is 5.43 Å². The van der Waals surface area contributed by atoms with Gasteiger partial charge in [-0.25, -0.2) is 9.82 Å². The highest BCUT2D eigenvalue weighted by atomic mass is 35.5. The van der Waals surface area contributed by atoms with E-state index in [1.807, 2.05) is 10.7 Å². The molecule has 2 N–H and O–H groups in total. The number of rotatable bonds is 6. The summed E-state index contributed by atoms with van der Waals surface area (Å²) in [7, 11) is 0. The predicted molar refractivity (Wildman–Crippen MR) is 118 cm³/mol. The van der Waals surface area contributed by atoms with E-state index in [4.69, 9.17) is 16.3 Å². The molecule has 3 aromatic rings. The van der Waals surface area contributed by atoms with E-state index >= 15 is 0 Å². The molecule has 11 heteroatoms. The van der Waals surface area contributed by atoms with Gasteiger partial charge in [-0.15, -0.1) is 0 Å². The molecule has 3 aromatic carbocycles. The maximum Gasteiger partial charge on any atom is 0.416 e. The van der Waals surface area contributed by atoms with E-state index < -0.39 is 23.6 Å². The molecule has 0 saturated heterocycles. The van der Waals surface area contributed by atoms with Crippen molar-refractivity contribution in [2.45, 2.75) is 12.8 Å². The Bertz CT molecular complexity index is 1210. The predicted octanol–water partition coefficient (Wildman–Crippen LogP) is 5.17. The molecule has 176 valence electrons. The summed E-state index contributed by atoms with van der Waals surface area (Å²) in [6.07, 6.45) is -3.40. The van der Waals surface area contributed by atoms with Gasteiger partial charge in [0.25, 0.3) is 0 Å². The summed E-state index contributed by atoms with van der Waals surface area (Å²) in [5.41, 5.74) is 1.86. The van der Waals surface area contributed by atoms with Crippen molar-refractivity contribution in [3.05, 3.63) is 94.3 Å². The topological polar surface area (TPSA) is 79.8 Å². The second-order valence-electron chi connectivity index (χ2n) is 6.83. The average molecular weight is 494 g/mol. The van der Waals surface area contributed by atoms with Crippen LogP contribution in [0.5, 0.6) is 5.75 Å². The molecular formula is C23H16ClF4N3O3. The van der Waals surface area contributed by atoms with Crippen LogP contribution in [0, 0.1) is 5.82 Å². The van der Waals surface area contributed by atoms with E-state index in [9.17, 15) is 27.2 Å². The molecule has 0 heterocycles. The summed E-state index contributed by atoms with van der Waals surface area (Å²) in [6.45, 7) is 0.204. The van der Waals surface area contributed by atoms with Gasteiger partial charge >= 0.3 is 18.0 Å². The number of benzene rings is 3. The van der Waals surface area contributed by atoms with Crippen LogP contribution in [-0.2, 0) is 22.4 Å². The first-order valence-corrected chi connectivity index (χ1v) is 9.98. The van der Waals surface area contributed by atoms with Crippen LogP contribution in [0.3, 0.4) is 0 Å². The fourth-order valence-corrected chi connectivity index (χ4v) is 2.79. The number of hydrazone groups is 1. The SMILES string of the molecule is O=C(N/N=C/c1cccc(OCc2ccc(F)cc2)c1)C(=O)Nc1cc(C(F)(F)F)ccc1Cl. The molecule has 0 unspecified atom stereocenters. The van der Waals surface area contributed by atoms with Crippen LogP contribution in [0.25, 0.3) is 0 Å². The number of nitrogens with zero attached hydrogens (tertiary/aromatic N) is 1. The summed E-state index contributed by atoms with van der Waals surface area (Å²) < 4.78 is 57.1. The summed E-state index contributed by atoms with van der Waals surface area (Å²) >= 11 is 5.79. The van der Waals surface area contributed by atoms with Gasteiger partial charge in [0.2, 0.25) is 0 Å². The number of hydrogen-bond acceptors (Lipinski definition) is 4. The third-order valence-corrected chi connectivity index (χ3v) is 4.63. The monoisotopic (exact) mass is 493 g/mol. The van der Waals surface area contributed by atoms with E-state index in [0.717, 1.165) is 17.7 Å². The maximum atomic E-state index is 13.0. The first-order valence-electron chi connectivity index (χ1n) is 9.60. The van der Waals surface area contributed by atoms with Gasteiger partial charge < -0.3 is 10.1 Å². The third-order valence-electron chi connectivity index (χ3n) is 4.30. The lowest BCUT2D eigenvalue weighted by Crippen LogP contribution is -2.32. The molecule has 0 spiro atoms. The lowest BCUT2D eigenvalue weighted by Gasteiger charge is -2.11. The first-order chi connectivity index (χ1) is 16.1. The Labute approximate surface area is 196 Å². The largest absolute Gasteiger partial charge is 0.489 e. The van der Waals surface area contributed by atoms with E-state index in [1.165, 1.54) is 18.3 Å². The zero-order valence-corrected chi connectivity index (χ0v) is 18.0. The highest BCUT2D eigenvalue weighted by Gasteiger charge is 2.31. The summed E-state index contributed by atoms with van der Waals surface area (Å²) in [6, 6.07) is 14.8. The molecule has 0 aromatic heterocycles. The summed E-state index contributed by atoms with van der Waals surface area (Å²) in [4.78, 5) is 23.9. The number of ether oxygens (including phenoxy) is 1. The van der Waals surface area contributed by atoms with Crippen LogP contribution >= 0.6 is 11.6 Å². The van der Waals surface area contributed by atoms with Crippen molar-refractivity contribution in [1.29, 1.82) is 0 Å². The van der Waals surface area contributed by atoms with Crippen LogP contribution in [0.4, 0.5) is 23.2 Å². The number of alkyl halides is 3. The van der Waals surface area contributed by atoms with Crippen LogP contribution in [0.1, 0.15) is 16.7 Å². The van der Waals surface area contributed by atoms with Crippen molar-refractivity contribution < 1.29 is 31.9 Å². The molecule has 0 saturated carbocycles. The van der Waals surface area contributed by atoms with Gasteiger partial charge in [0, 0.05) is 0 Å². The zero-order valence-electron chi connectivity index (χ0n) is 17.2. The smallest absolute Gasteiger partial charge is 0.416 e. The number of carbonyl (C=O) groups excluding carboxylic acids is 2. The molecule has 3 rings (SSSR count). The Morgan fingerprint density at radius 1 is 1.00 bits per heavy atom. The number of nitrogens with one attached hydrogen (secondary N) is 2. The van der Waals surface area contributed by atoms with Gasteiger partial charge in [-0.05, 0) is 53.6 Å². The lowest BCUT2D eigenvalue weighted by molar-refractivity contribution is -0.137. The van der Waals surface area contributed by atoms with Gasteiger partial charge in [-0.3, -0.25) is 9.59 Å². The Hall–Kier alpha value is -3.92. The normalized spacial score (nSPS) is 11.3. The number of amides is 2. The van der Waals surface area contributed by atoms with E-state index in [0.29, 0.717) is 17.4 Å². The average Bonchev–Trinajstić information content (AvgIpc) is 2.79. The van der Waals surface area contributed by atoms with E-state index in [1.54, 1.807) is 36.4 Å². The van der Waals surface area contributed by atoms with Crippen molar-refractivity contribution >= 4 is 35.3 Å². The minimum atomic E-state index is -4.64. The van der Waals surface area contributed by atoms with Gasteiger partial charge in [-0.2, -0.15) is 18.3 Å². The molecule has 0 aliphatic heterocycles. The molecule has 0 bridgehead atoms. The van der Waals surface area contributed by atoms with Gasteiger partial charge in [0.05, 0.1) is 22.5 Å². The van der Waals surface area contributed by atoms with Crippen molar-refractivity contribution in [3.63, 3.8) is 0 Å². The fraction of sp³-hybridized carbons (Fsp3) is 0.0870. The minimum absolute atomic E-state index is 0.171. The van der Waals surface area contributed by atoms with Crippen LogP contribution in [0.2, 0.25) is 5.02 Å². The van der Waals surface area contributed by atoms with Crippen molar-refractivity contribution in [2.75, 3.05) is 5.32 Å². The number of anilines is 1. The second-order valence-corrected chi connectivity index (χ2v) is 7.24. The van der Waals surface area contributed by atoms with Crippen molar-refractivity contribution in [3.8, 4) is 5.75 Å². The molecule has 2 amide bonds. The Morgan fingerprint density at radius 3 is 2.44 bits per heavy atom. The summed E-state index contributed by atoms with van der Waals surface area (Å²) in [5.74, 6) is -2.34. The van der Waals surface area contributed by atoms with Gasteiger partial charge in [-0.1, -0.05) is 35.9 Å². The third kappa shape index (κ3) is 7.04. The van der Waals surface area contributed by atoms with Gasteiger partial charge in [0.1, 0.15) is 18.2 Å². The lowest BCUT2D eigenvalue weighted by atomic mass is 10.2. The van der Waals surface area contributed by atoms with E-state index in [-0.39, 0.29) is 23.1 Å². The summed E-state index contributed by atoms with van der Waals surface area (Å²) in [5, 5.41) is 5.50. The Kier molecular flexibility index (Phi) is 7.85. The van der Waals surface area contributed by atoms with Gasteiger partial charge in [0.15, 0.2) is 0 Å².